The Bertz CT molecular complexity index is 223. The van der Waals surface area contributed by atoms with Gasteiger partial charge in [0.2, 0.25) is 0 Å². The van der Waals surface area contributed by atoms with Crippen molar-refractivity contribution in [1.29, 1.82) is 0 Å². The van der Waals surface area contributed by atoms with Crippen LogP contribution in [0, 0.1) is 17.8 Å². The van der Waals surface area contributed by atoms with Gasteiger partial charge in [-0.3, -0.25) is 0 Å². The van der Waals surface area contributed by atoms with Crippen LogP contribution in [0.1, 0.15) is 34.1 Å². The Morgan fingerprint density at radius 2 is 1.69 bits per heavy atom. The summed E-state index contributed by atoms with van der Waals surface area (Å²) in [5, 5.41) is 0. The summed E-state index contributed by atoms with van der Waals surface area (Å²) in [6, 6.07) is 0.206. The summed E-state index contributed by atoms with van der Waals surface area (Å²) in [4.78, 5) is 1.94. The lowest BCUT2D eigenvalue weighted by Crippen LogP contribution is -2.50. The fourth-order valence-corrected chi connectivity index (χ4v) is 2.61. The van der Waals surface area contributed by atoms with E-state index in [2.05, 4.69) is 0 Å². The maximum absolute atomic E-state index is 13.0. The van der Waals surface area contributed by atoms with Crippen LogP contribution < -0.4 is 0 Å². The minimum Gasteiger partial charge on any atom is -0.300 e. The van der Waals surface area contributed by atoms with Crippen molar-refractivity contribution in [3.8, 4) is 0 Å². The molecule has 1 aliphatic rings. The molecule has 0 aromatic carbocycles. The topological polar surface area (TPSA) is 3.24 Å². The van der Waals surface area contributed by atoms with E-state index >= 15 is 0 Å². The Morgan fingerprint density at radius 1 is 1.12 bits per heavy atom. The van der Waals surface area contributed by atoms with Gasteiger partial charge in [-0.05, 0) is 38.6 Å². The van der Waals surface area contributed by atoms with Gasteiger partial charge in [0.05, 0.1) is 5.92 Å². The van der Waals surface area contributed by atoms with E-state index in [-0.39, 0.29) is 24.4 Å². The van der Waals surface area contributed by atoms with E-state index in [1.165, 1.54) is 0 Å². The molecule has 4 heteroatoms. The zero-order valence-corrected chi connectivity index (χ0v) is 10.5. The monoisotopic (exact) mass is 237 g/mol. The van der Waals surface area contributed by atoms with Crippen molar-refractivity contribution in [1.82, 2.24) is 4.90 Å². The van der Waals surface area contributed by atoms with Crippen LogP contribution in [0.25, 0.3) is 0 Å². The van der Waals surface area contributed by atoms with Crippen LogP contribution in [0.5, 0.6) is 0 Å². The summed E-state index contributed by atoms with van der Waals surface area (Å²) >= 11 is 0. The van der Waals surface area contributed by atoms with E-state index in [0.717, 1.165) is 6.54 Å². The molecule has 1 aliphatic heterocycles. The molecule has 96 valence electrons. The molecular weight excluding hydrogens is 215 g/mol. The fraction of sp³-hybridized carbons (Fsp3) is 1.00. The van der Waals surface area contributed by atoms with Crippen LogP contribution in [0.2, 0.25) is 0 Å². The molecule has 1 rings (SSSR count). The van der Waals surface area contributed by atoms with Gasteiger partial charge in [-0.25, -0.2) is 0 Å². The molecule has 0 saturated carbocycles. The largest absolute Gasteiger partial charge is 0.393 e. The van der Waals surface area contributed by atoms with E-state index in [1.807, 2.05) is 32.6 Å². The van der Waals surface area contributed by atoms with Gasteiger partial charge < -0.3 is 4.90 Å². The predicted molar refractivity (Wildman–Crippen MR) is 59.2 cm³/mol. The highest BCUT2D eigenvalue weighted by Crippen LogP contribution is 2.40. The molecule has 0 aliphatic carbocycles. The Morgan fingerprint density at radius 3 is 2.06 bits per heavy atom. The van der Waals surface area contributed by atoms with Crippen molar-refractivity contribution in [2.24, 2.45) is 17.8 Å². The average molecular weight is 237 g/mol. The van der Waals surface area contributed by atoms with Gasteiger partial charge in [-0.15, -0.1) is 0 Å². The van der Waals surface area contributed by atoms with Crippen LogP contribution in [-0.2, 0) is 0 Å². The predicted octanol–water partition coefficient (Wildman–Crippen LogP) is 3.55. The van der Waals surface area contributed by atoms with E-state index in [9.17, 15) is 13.2 Å². The third-order valence-corrected chi connectivity index (χ3v) is 3.70. The number of halogens is 3. The van der Waals surface area contributed by atoms with Gasteiger partial charge in [0.1, 0.15) is 0 Å². The number of likely N-dealkylation sites (tertiary alicyclic amines) is 1. The fourth-order valence-electron chi connectivity index (χ4n) is 2.61. The maximum atomic E-state index is 13.0. The van der Waals surface area contributed by atoms with Crippen molar-refractivity contribution in [2.75, 3.05) is 13.1 Å². The highest BCUT2D eigenvalue weighted by molar-refractivity contribution is 4.87. The molecule has 0 spiro atoms. The number of rotatable bonds is 2. The Kier molecular flexibility index (Phi) is 4.27. The summed E-state index contributed by atoms with van der Waals surface area (Å²) < 4.78 is 38.9. The van der Waals surface area contributed by atoms with E-state index in [0.29, 0.717) is 6.42 Å². The van der Waals surface area contributed by atoms with Crippen LogP contribution in [0.4, 0.5) is 13.2 Å². The lowest BCUT2D eigenvalue weighted by molar-refractivity contribution is -0.208. The first-order chi connectivity index (χ1) is 7.23. The summed E-state index contributed by atoms with van der Waals surface area (Å²) in [5.74, 6) is -1.25. The number of hydrogen-bond acceptors (Lipinski definition) is 1. The number of alkyl halides is 3. The molecule has 0 bridgehead atoms. The third-order valence-electron chi connectivity index (χ3n) is 3.70. The molecule has 1 fully saturated rings. The zero-order valence-electron chi connectivity index (χ0n) is 10.5. The van der Waals surface area contributed by atoms with Gasteiger partial charge in [0, 0.05) is 12.6 Å². The van der Waals surface area contributed by atoms with Crippen LogP contribution in [-0.4, -0.2) is 30.2 Å². The molecule has 0 radical (unpaired) electrons. The number of nitrogens with zero attached hydrogens (tertiary/aromatic N) is 1. The van der Waals surface area contributed by atoms with Crippen LogP contribution >= 0.6 is 0 Å². The zero-order chi connectivity index (χ0) is 12.5. The second-order valence-corrected chi connectivity index (χ2v) is 5.43. The molecule has 1 saturated heterocycles. The summed E-state index contributed by atoms with van der Waals surface area (Å²) in [6.45, 7) is 8.69. The molecular formula is C12H22F3N. The van der Waals surface area contributed by atoms with E-state index in [4.69, 9.17) is 0 Å². The molecule has 0 amide bonds. The lowest BCUT2D eigenvalue weighted by atomic mass is 9.77. The van der Waals surface area contributed by atoms with Crippen molar-refractivity contribution in [3.05, 3.63) is 0 Å². The van der Waals surface area contributed by atoms with Crippen LogP contribution in [0.15, 0.2) is 0 Å². The quantitative estimate of drug-likeness (QED) is 0.710. The minimum atomic E-state index is -4.05. The maximum Gasteiger partial charge on any atom is 0.393 e. The molecule has 0 aromatic heterocycles. The number of hydrogen-bond donors (Lipinski definition) is 0. The molecule has 1 heterocycles. The van der Waals surface area contributed by atoms with E-state index in [1.54, 1.807) is 0 Å². The molecule has 1 nitrogen and oxygen atoms in total. The van der Waals surface area contributed by atoms with Gasteiger partial charge in [-0.1, -0.05) is 13.8 Å². The Balaban J connectivity index is 2.78. The van der Waals surface area contributed by atoms with Crippen molar-refractivity contribution in [2.45, 2.75) is 46.3 Å². The first-order valence-electron chi connectivity index (χ1n) is 6.04. The van der Waals surface area contributed by atoms with Gasteiger partial charge in [0.25, 0.3) is 0 Å². The summed E-state index contributed by atoms with van der Waals surface area (Å²) in [6.07, 6.45) is -3.39. The molecule has 0 N–H and O–H groups in total. The molecule has 2 atom stereocenters. The lowest BCUT2D eigenvalue weighted by Gasteiger charge is -2.42. The first kappa shape index (κ1) is 13.8. The van der Waals surface area contributed by atoms with E-state index < -0.39 is 12.1 Å². The average Bonchev–Trinajstić information content (AvgIpc) is 2.15. The second kappa shape index (κ2) is 4.94. The number of piperidine rings is 1. The van der Waals surface area contributed by atoms with Gasteiger partial charge >= 0.3 is 6.18 Å². The highest BCUT2D eigenvalue weighted by atomic mass is 19.4. The Labute approximate surface area is 96.0 Å². The smallest absolute Gasteiger partial charge is 0.300 e. The van der Waals surface area contributed by atoms with Gasteiger partial charge in [0.15, 0.2) is 0 Å². The van der Waals surface area contributed by atoms with Crippen molar-refractivity contribution in [3.63, 3.8) is 0 Å². The molecule has 1 unspecified atom stereocenters. The second-order valence-electron chi connectivity index (χ2n) is 5.43. The molecule has 16 heavy (non-hydrogen) atoms. The highest BCUT2D eigenvalue weighted by Gasteiger charge is 2.48. The van der Waals surface area contributed by atoms with Crippen molar-refractivity contribution >= 4 is 0 Å². The summed E-state index contributed by atoms with van der Waals surface area (Å²) in [5.41, 5.74) is 0. The van der Waals surface area contributed by atoms with Gasteiger partial charge in [-0.2, -0.15) is 13.2 Å². The molecule has 0 aromatic rings. The standard InChI is InChI=1S/C12H22F3N/c1-8(2)10-5-6-16(9(3)4)7-11(10)12(13,14)15/h8-11H,5-7H2,1-4H3/t10?,11-/m0/s1. The third kappa shape index (κ3) is 3.12. The first-order valence-corrected chi connectivity index (χ1v) is 6.04. The Hall–Kier alpha value is -0.250. The van der Waals surface area contributed by atoms with Crippen LogP contribution in [0.3, 0.4) is 0 Å². The van der Waals surface area contributed by atoms with Crippen molar-refractivity contribution < 1.29 is 13.2 Å². The minimum absolute atomic E-state index is 0.112. The summed E-state index contributed by atoms with van der Waals surface area (Å²) in [7, 11) is 0. The SMILES string of the molecule is CC(C)C1CCN(C(C)C)C[C@@H]1C(F)(F)F. The normalized spacial score (nSPS) is 29.1.